The summed E-state index contributed by atoms with van der Waals surface area (Å²) in [4.78, 5) is 13.9. The van der Waals surface area contributed by atoms with Gasteiger partial charge < -0.3 is 20.1 Å². The van der Waals surface area contributed by atoms with Crippen molar-refractivity contribution in [3.63, 3.8) is 0 Å². The van der Waals surface area contributed by atoms with Crippen LogP contribution in [-0.2, 0) is 11.2 Å². The van der Waals surface area contributed by atoms with Gasteiger partial charge in [-0.1, -0.05) is 12.1 Å². The molecule has 1 aromatic rings. The van der Waals surface area contributed by atoms with Gasteiger partial charge in [-0.3, -0.25) is 0 Å². The number of carbonyl (C=O) groups is 1. The minimum atomic E-state index is -0.0868. The highest BCUT2D eigenvalue weighted by atomic mass is 16.5. The van der Waals surface area contributed by atoms with Crippen molar-refractivity contribution >= 4 is 6.03 Å². The molecular weight excluding hydrogens is 280 g/mol. The Labute approximate surface area is 131 Å². The number of nitrogens with zero attached hydrogens (tertiary/aromatic N) is 1. The highest BCUT2D eigenvalue weighted by Crippen LogP contribution is 2.36. The van der Waals surface area contributed by atoms with Crippen molar-refractivity contribution in [2.45, 2.75) is 31.7 Å². The maximum Gasteiger partial charge on any atom is 0.317 e. The number of hydrogen-bond acceptors (Lipinski definition) is 3. The van der Waals surface area contributed by atoms with Gasteiger partial charge in [0.15, 0.2) is 0 Å². The van der Waals surface area contributed by atoms with Gasteiger partial charge >= 0.3 is 6.03 Å². The van der Waals surface area contributed by atoms with E-state index < -0.39 is 0 Å². The van der Waals surface area contributed by atoms with E-state index >= 15 is 0 Å². The Morgan fingerprint density at radius 2 is 2.23 bits per heavy atom. The number of amides is 2. The lowest BCUT2D eigenvalue weighted by Crippen LogP contribution is -2.40. The first kappa shape index (κ1) is 15.2. The van der Waals surface area contributed by atoms with E-state index in [2.05, 4.69) is 5.32 Å². The summed E-state index contributed by atoms with van der Waals surface area (Å²) < 4.78 is 5.57. The molecule has 1 atom stereocenters. The molecule has 2 aliphatic carbocycles. The summed E-state index contributed by atoms with van der Waals surface area (Å²) in [7, 11) is 1.79. The fraction of sp³-hybridized carbons (Fsp3) is 0.588. The largest absolute Gasteiger partial charge is 0.508 e. The smallest absolute Gasteiger partial charge is 0.317 e. The molecule has 0 saturated heterocycles. The number of phenols is 1. The first-order valence-corrected chi connectivity index (χ1v) is 8.05. The third kappa shape index (κ3) is 3.53. The fourth-order valence-corrected chi connectivity index (χ4v) is 2.88. The van der Waals surface area contributed by atoms with Crippen LogP contribution < -0.4 is 5.32 Å². The number of fused-ring (bicyclic) bond motifs is 1. The summed E-state index contributed by atoms with van der Waals surface area (Å²) in [6, 6.07) is 5.41. The number of nitrogens with one attached hydrogen (secondary N) is 1. The minimum absolute atomic E-state index is 0.00978. The standard InChI is InChI=1S/C17H24N2O3/c1-19(9-10-22-11-12-5-6-12)17(21)18-15-8-7-14-13(15)3-2-4-16(14)20/h2-4,12,15,20H,5-11H2,1H3,(H,18,21)/t15-/m0/s1. The Kier molecular flexibility index (Phi) is 4.52. The van der Waals surface area contributed by atoms with Gasteiger partial charge in [0.2, 0.25) is 0 Å². The van der Waals surface area contributed by atoms with Gasteiger partial charge in [-0.05, 0) is 48.8 Å². The minimum Gasteiger partial charge on any atom is -0.508 e. The lowest BCUT2D eigenvalue weighted by atomic mass is 10.1. The molecule has 1 aromatic carbocycles. The molecule has 5 nitrogen and oxygen atoms in total. The molecule has 5 heteroatoms. The quantitative estimate of drug-likeness (QED) is 0.794. The molecule has 120 valence electrons. The van der Waals surface area contributed by atoms with Crippen molar-refractivity contribution in [3.05, 3.63) is 29.3 Å². The maximum atomic E-state index is 12.2. The molecule has 2 N–H and O–H groups in total. The van der Waals surface area contributed by atoms with Crippen molar-refractivity contribution in [2.24, 2.45) is 5.92 Å². The Morgan fingerprint density at radius 3 is 3.00 bits per heavy atom. The molecule has 0 radical (unpaired) electrons. The summed E-state index contributed by atoms with van der Waals surface area (Å²) in [5.74, 6) is 1.08. The second kappa shape index (κ2) is 6.57. The summed E-state index contributed by atoms with van der Waals surface area (Å²) in [6.07, 6.45) is 4.21. The molecule has 1 fully saturated rings. The predicted molar refractivity (Wildman–Crippen MR) is 83.9 cm³/mol. The number of benzene rings is 1. The Morgan fingerprint density at radius 1 is 1.41 bits per heavy atom. The molecule has 22 heavy (non-hydrogen) atoms. The second-order valence-corrected chi connectivity index (χ2v) is 6.33. The van der Waals surface area contributed by atoms with Crippen LogP contribution in [0, 0.1) is 5.92 Å². The average Bonchev–Trinajstić information content (AvgIpc) is 3.24. The molecule has 2 amide bonds. The van der Waals surface area contributed by atoms with E-state index in [1.807, 2.05) is 12.1 Å². The monoisotopic (exact) mass is 304 g/mol. The van der Waals surface area contributed by atoms with Gasteiger partial charge in [0, 0.05) is 20.2 Å². The number of phenolic OH excluding ortho intramolecular Hbond substituents is 1. The van der Waals surface area contributed by atoms with Gasteiger partial charge in [0.25, 0.3) is 0 Å². The number of likely N-dealkylation sites (N-methyl/N-ethyl adjacent to an activating group) is 1. The molecule has 3 rings (SSSR count). The van der Waals surface area contributed by atoms with Crippen molar-refractivity contribution in [1.29, 1.82) is 0 Å². The molecule has 0 aliphatic heterocycles. The third-order valence-corrected chi connectivity index (χ3v) is 4.51. The van der Waals surface area contributed by atoms with E-state index in [0.717, 1.165) is 36.5 Å². The van der Waals surface area contributed by atoms with Gasteiger partial charge in [0.05, 0.1) is 12.6 Å². The fourth-order valence-electron chi connectivity index (χ4n) is 2.88. The van der Waals surface area contributed by atoms with Crippen LogP contribution >= 0.6 is 0 Å². The molecule has 2 aliphatic rings. The van der Waals surface area contributed by atoms with E-state index in [1.54, 1.807) is 18.0 Å². The molecule has 0 heterocycles. The summed E-state index contributed by atoms with van der Waals surface area (Å²) in [5.41, 5.74) is 2.00. The predicted octanol–water partition coefficient (Wildman–Crippen LogP) is 2.45. The van der Waals surface area contributed by atoms with Gasteiger partial charge in [-0.2, -0.15) is 0 Å². The van der Waals surface area contributed by atoms with Crippen LogP contribution in [0.25, 0.3) is 0 Å². The van der Waals surface area contributed by atoms with Gasteiger partial charge in [-0.25, -0.2) is 4.79 Å². The van der Waals surface area contributed by atoms with Gasteiger partial charge in [-0.15, -0.1) is 0 Å². The normalized spacial score (nSPS) is 19.8. The Bertz CT molecular complexity index is 543. The molecule has 0 unspecified atom stereocenters. The number of hydrogen-bond donors (Lipinski definition) is 2. The number of urea groups is 1. The third-order valence-electron chi connectivity index (χ3n) is 4.51. The molecular formula is C17H24N2O3. The summed E-state index contributed by atoms with van der Waals surface area (Å²) >= 11 is 0. The number of ether oxygens (including phenoxy) is 1. The Balaban J connectivity index is 1.46. The zero-order valence-corrected chi connectivity index (χ0v) is 13.0. The van der Waals surface area contributed by atoms with Crippen LogP contribution in [0.2, 0.25) is 0 Å². The SMILES string of the molecule is CN(CCOCC1CC1)C(=O)N[C@H]1CCc2c(O)cccc21. The number of aromatic hydroxyl groups is 1. The zero-order chi connectivity index (χ0) is 15.5. The van der Waals surface area contributed by atoms with Crippen molar-refractivity contribution in [2.75, 3.05) is 26.8 Å². The van der Waals surface area contributed by atoms with Crippen molar-refractivity contribution in [3.8, 4) is 5.75 Å². The van der Waals surface area contributed by atoms with Crippen LogP contribution in [0.1, 0.15) is 36.4 Å². The van der Waals surface area contributed by atoms with Crippen molar-refractivity contribution in [1.82, 2.24) is 10.2 Å². The van der Waals surface area contributed by atoms with Crippen LogP contribution in [0.5, 0.6) is 5.75 Å². The first-order chi connectivity index (χ1) is 10.6. The van der Waals surface area contributed by atoms with E-state index in [9.17, 15) is 9.90 Å². The molecule has 0 bridgehead atoms. The summed E-state index contributed by atoms with van der Waals surface area (Å²) in [5, 5.41) is 12.9. The lowest BCUT2D eigenvalue weighted by molar-refractivity contribution is 0.107. The topological polar surface area (TPSA) is 61.8 Å². The van der Waals surface area contributed by atoms with Crippen LogP contribution in [-0.4, -0.2) is 42.8 Å². The van der Waals surface area contributed by atoms with Crippen LogP contribution in [0.4, 0.5) is 4.79 Å². The van der Waals surface area contributed by atoms with E-state index in [-0.39, 0.29) is 12.1 Å². The molecule has 1 saturated carbocycles. The molecule has 0 spiro atoms. The van der Waals surface area contributed by atoms with E-state index in [0.29, 0.717) is 18.9 Å². The number of carbonyl (C=O) groups excluding carboxylic acids is 1. The van der Waals surface area contributed by atoms with Crippen LogP contribution in [0.3, 0.4) is 0 Å². The average molecular weight is 304 g/mol. The molecule has 0 aromatic heterocycles. The van der Waals surface area contributed by atoms with E-state index in [1.165, 1.54) is 12.8 Å². The lowest BCUT2D eigenvalue weighted by Gasteiger charge is -2.21. The maximum absolute atomic E-state index is 12.2. The van der Waals surface area contributed by atoms with Crippen molar-refractivity contribution < 1.29 is 14.6 Å². The highest BCUT2D eigenvalue weighted by Gasteiger charge is 2.26. The zero-order valence-electron chi connectivity index (χ0n) is 13.0. The number of rotatable bonds is 6. The second-order valence-electron chi connectivity index (χ2n) is 6.33. The van der Waals surface area contributed by atoms with Gasteiger partial charge in [0.1, 0.15) is 5.75 Å². The van der Waals surface area contributed by atoms with E-state index in [4.69, 9.17) is 4.74 Å². The van der Waals surface area contributed by atoms with Crippen LogP contribution in [0.15, 0.2) is 18.2 Å². The summed E-state index contributed by atoms with van der Waals surface area (Å²) in [6.45, 7) is 2.01. The Hall–Kier alpha value is -1.75. The first-order valence-electron chi connectivity index (χ1n) is 8.05. The highest BCUT2D eigenvalue weighted by molar-refractivity contribution is 5.74.